The number of aliphatic hydroxyl groups excluding tert-OH is 1. The monoisotopic (exact) mass is 292 g/mol. The van der Waals surface area contributed by atoms with Crippen molar-refractivity contribution in [2.45, 2.75) is 12.6 Å². The quantitative estimate of drug-likeness (QED) is 0.744. The van der Waals surface area contributed by atoms with Crippen LogP contribution in [0.5, 0.6) is 0 Å². The summed E-state index contributed by atoms with van der Waals surface area (Å²) < 4.78 is 15.3. The fourth-order valence-electron chi connectivity index (χ4n) is 1.82. The molecule has 6 nitrogen and oxygen atoms in total. The molecule has 0 unspecified atom stereocenters. The number of carbonyl (C=O) groups is 1. The molecule has 2 aromatic rings. The van der Waals surface area contributed by atoms with E-state index in [4.69, 9.17) is 0 Å². The molecule has 1 atom stereocenters. The van der Waals surface area contributed by atoms with E-state index >= 15 is 0 Å². The van der Waals surface area contributed by atoms with Gasteiger partial charge in [0, 0.05) is 37.6 Å². The average Bonchev–Trinajstić information content (AvgIpc) is 2.98. The van der Waals surface area contributed by atoms with E-state index < -0.39 is 18.0 Å². The molecule has 7 heteroatoms. The standard InChI is InChI=1S/C14H17FN4O2/c15-12-4-2-1-3-11(12)13(20)9-18-14(21)17-6-8-19-7-5-16-10-19/h1-5,7,10,13,20H,6,8-9H2,(H2,17,18,21)/t13-/m1/s1. The van der Waals surface area contributed by atoms with Gasteiger partial charge in [-0.25, -0.2) is 14.2 Å². The lowest BCUT2D eigenvalue weighted by atomic mass is 10.1. The van der Waals surface area contributed by atoms with E-state index in [0.717, 1.165) is 0 Å². The number of amides is 2. The Bertz CT molecular complexity index is 574. The molecule has 0 spiro atoms. The molecule has 0 fully saturated rings. The Balaban J connectivity index is 1.70. The summed E-state index contributed by atoms with van der Waals surface area (Å²) in [5, 5.41) is 15.0. The molecule has 0 radical (unpaired) electrons. The van der Waals surface area contributed by atoms with Gasteiger partial charge in [0.05, 0.1) is 12.4 Å². The highest BCUT2D eigenvalue weighted by Crippen LogP contribution is 2.15. The number of imidazole rings is 1. The van der Waals surface area contributed by atoms with E-state index in [1.54, 1.807) is 30.9 Å². The highest BCUT2D eigenvalue weighted by atomic mass is 19.1. The Morgan fingerprint density at radius 3 is 2.90 bits per heavy atom. The van der Waals surface area contributed by atoms with Gasteiger partial charge in [-0.15, -0.1) is 0 Å². The van der Waals surface area contributed by atoms with Gasteiger partial charge in [-0.1, -0.05) is 18.2 Å². The maximum absolute atomic E-state index is 13.4. The molecule has 0 aliphatic heterocycles. The molecular weight excluding hydrogens is 275 g/mol. The summed E-state index contributed by atoms with van der Waals surface area (Å²) >= 11 is 0. The van der Waals surface area contributed by atoms with Gasteiger partial charge < -0.3 is 20.3 Å². The van der Waals surface area contributed by atoms with Crippen molar-refractivity contribution in [1.29, 1.82) is 0 Å². The number of urea groups is 1. The van der Waals surface area contributed by atoms with Gasteiger partial charge in [-0.2, -0.15) is 0 Å². The van der Waals surface area contributed by atoms with Crippen LogP contribution in [0.4, 0.5) is 9.18 Å². The minimum absolute atomic E-state index is 0.0577. The normalized spacial score (nSPS) is 11.9. The largest absolute Gasteiger partial charge is 0.386 e. The van der Waals surface area contributed by atoms with Gasteiger partial charge in [-0.3, -0.25) is 0 Å². The molecule has 2 amide bonds. The number of carbonyl (C=O) groups excluding carboxylic acids is 1. The van der Waals surface area contributed by atoms with E-state index in [0.29, 0.717) is 13.1 Å². The average molecular weight is 292 g/mol. The second-order valence-electron chi connectivity index (χ2n) is 4.47. The van der Waals surface area contributed by atoms with Crippen LogP contribution in [0.15, 0.2) is 43.0 Å². The molecular formula is C14H17FN4O2. The number of hydrogen-bond acceptors (Lipinski definition) is 3. The van der Waals surface area contributed by atoms with E-state index in [9.17, 15) is 14.3 Å². The van der Waals surface area contributed by atoms with Crippen LogP contribution in [0, 0.1) is 5.82 Å². The molecule has 3 N–H and O–H groups in total. The predicted octanol–water partition coefficient (Wildman–Crippen LogP) is 1.05. The Morgan fingerprint density at radius 1 is 1.38 bits per heavy atom. The van der Waals surface area contributed by atoms with Crippen molar-refractivity contribution in [1.82, 2.24) is 20.2 Å². The first-order valence-corrected chi connectivity index (χ1v) is 6.57. The van der Waals surface area contributed by atoms with Gasteiger partial charge in [0.2, 0.25) is 0 Å². The van der Waals surface area contributed by atoms with Gasteiger partial charge in [0.1, 0.15) is 5.82 Å². The molecule has 0 bridgehead atoms. The summed E-state index contributed by atoms with van der Waals surface area (Å²) in [5.41, 5.74) is 0.163. The first-order valence-electron chi connectivity index (χ1n) is 6.57. The summed E-state index contributed by atoms with van der Waals surface area (Å²) in [6, 6.07) is 5.52. The van der Waals surface area contributed by atoms with Crippen LogP contribution >= 0.6 is 0 Å². The van der Waals surface area contributed by atoms with Crippen LogP contribution in [0.1, 0.15) is 11.7 Å². The molecule has 2 rings (SSSR count). The Kier molecular flexibility index (Phi) is 5.28. The van der Waals surface area contributed by atoms with E-state index in [2.05, 4.69) is 15.6 Å². The number of nitrogens with one attached hydrogen (secondary N) is 2. The minimum Gasteiger partial charge on any atom is -0.386 e. The summed E-state index contributed by atoms with van der Waals surface area (Å²) in [6.07, 6.45) is 4.03. The van der Waals surface area contributed by atoms with Crippen LogP contribution in [-0.2, 0) is 6.54 Å². The highest BCUT2D eigenvalue weighted by Gasteiger charge is 2.12. The fraction of sp³-hybridized carbons (Fsp3) is 0.286. The molecule has 112 valence electrons. The van der Waals surface area contributed by atoms with Crippen molar-refractivity contribution >= 4 is 6.03 Å². The molecule has 0 saturated carbocycles. The SMILES string of the molecule is O=C(NCCn1ccnc1)NC[C@@H](O)c1ccccc1F. The first-order chi connectivity index (χ1) is 10.2. The fourth-order valence-corrected chi connectivity index (χ4v) is 1.82. The Labute approximate surface area is 121 Å². The molecule has 0 aliphatic carbocycles. The van der Waals surface area contributed by atoms with Crippen LogP contribution in [-0.4, -0.2) is 33.8 Å². The van der Waals surface area contributed by atoms with Crippen molar-refractivity contribution in [3.63, 3.8) is 0 Å². The number of halogens is 1. The number of nitrogens with zero attached hydrogens (tertiary/aromatic N) is 2. The third kappa shape index (κ3) is 4.57. The Morgan fingerprint density at radius 2 is 2.19 bits per heavy atom. The lowest BCUT2D eigenvalue weighted by Crippen LogP contribution is -2.39. The van der Waals surface area contributed by atoms with Crippen LogP contribution < -0.4 is 10.6 Å². The van der Waals surface area contributed by atoms with Crippen molar-refractivity contribution < 1.29 is 14.3 Å². The zero-order valence-corrected chi connectivity index (χ0v) is 11.4. The number of aliphatic hydroxyl groups is 1. The van der Waals surface area contributed by atoms with Crippen LogP contribution in [0.2, 0.25) is 0 Å². The van der Waals surface area contributed by atoms with Crippen molar-refractivity contribution in [2.75, 3.05) is 13.1 Å². The smallest absolute Gasteiger partial charge is 0.314 e. The molecule has 0 aliphatic rings. The summed E-state index contributed by atoms with van der Waals surface area (Å²) in [7, 11) is 0. The zero-order valence-electron chi connectivity index (χ0n) is 11.4. The lowest BCUT2D eigenvalue weighted by Gasteiger charge is -2.13. The second-order valence-corrected chi connectivity index (χ2v) is 4.47. The van der Waals surface area contributed by atoms with Gasteiger partial charge in [-0.05, 0) is 6.07 Å². The van der Waals surface area contributed by atoms with E-state index in [-0.39, 0.29) is 12.1 Å². The zero-order chi connectivity index (χ0) is 15.1. The van der Waals surface area contributed by atoms with Gasteiger partial charge in [0.15, 0.2) is 0 Å². The third-order valence-corrected chi connectivity index (χ3v) is 2.93. The van der Waals surface area contributed by atoms with Gasteiger partial charge >= 0.3 is 6.03 Å². The highest BCUT2D eigenvalue weighted by molar-refractivity contribution is 5.73. The predicted molar refractivity (Wildman–Crippen MR) is 75.0 cm³/mol. The molecule has 1 aromatic heterocycles. The lowest BCUT2D eigenvalue weighted by molar-refractivity contribution is 0.169. The first kappa shape index (κ1) is 15.0. The van der Waals surface area contributed by atoms with Crippen molar-refractivity contribution in [3.05, 3.63) is 54.4 Å². The van der Waals surface area contributed by atoms with Crippen molar-refractivity contribution in [3.8, 4) is 0 Å². The maximum Gasteiger partial charge on any atom is 0.314 e. The van der Waals surface area contributed by atoms with Crippen LogP contribution in [0.3, 0.4) is 0 Å². The Hall–Kier alpha value is -2.41. The summed E-state index contributed by atoms with van der Waals surface area (Å²) in [4.78, 5) is 15.4. The second kappa shape index (κ2) is 7.39. The third-order valence-electron chi connectivity index (χ3n) is 2.93. The summed E-state index contributed by atoms with van der Waals surface area (Å²) in [6.45, 7) is 0.971. The van der Waals surface area contributed by atoms with Crippen molar-refractivity contribution in [2.24, 2.45) is 0 Å². The maximum atomic E-state index is 13.4. The van der Waals surface area contributed by atoms with Crippen LogP contribution in [0.25, 0.3) is 0 Å². The van der Waals surface area contributed by atoms with E-state index in [1.807, 2.05) is 4.57 Å². The molecule has 1 heterocycles. The van der Waals surface area contributed by atoms with Gasteiger partial charge in [0.25, 0.3) is 0 Å². The molecule has 0 saturated heterocycles. The van der Waals surface area contributed by atoms with E-state index in [1.165, 1.54) is 12.1 Å². The number of benzene rings is 1. The molecule has 21 heavy (non-hydrogen) atoms. The number of rotatable bonds is 6. The number of hydrogen-bond donors (Lipinski definition) is 3. The minimum atomic E-state index is -1.08. The molecule has 1 aromatic carbocycles. The summed E-state index contributed by atoms with van der Waals surface area (Å²) in [5.74, 6) is -0.493. The number of aromatic nitrogens is 2. The topological polar surface area (TPSA) is 79.2 Å².